The van der Waals surface area contributed by atoms with E-state index in [4.69, 9.17) is 10.5 Å². The number of rotatable bonds is 7. The predicted molar refractivity (Wildman–Crippen MR) is 79.3 cm³/mol. The van der Waals surface area contributed by atoms with Gasteiger partial charge in [-0.1, -0.05) is 18.2 Å². The fraction of sp³-hybridized carbons (Fsp3) is 0.214. The lowest BCUT2D eigenvalue weighted by atomic mass is 10.3. The number of hydrogen-bond donors (Lipinski definition) is 2. The van der Waals surface area contributed by atoms with Crippen molar-refractivity contribution in [2.45, 2.75) is 11.4 Å². The quantitative estimate of drug-likeness (QED) is 0.741. The summed E-state index contributed by atoms with van der Waals surface area (Å²) >= 11 is 0. The number of nitrogens with two attached hydrogens (primary N) is 1. The number of pyridine rings is 1. The van der Waals surface area contributed by atoms with Crippen LogP contribution in [0.1, 0.15) is 5.69 Å². The van der Waals surface area contributed by atoms with Crippen LogP contribution in [0.3, 0.4) is 0 Å². The number of nitrogens with one attached hydrogen (secondary N) is 1. The summed E-state index contributed by atoms with van der Waals surface area (Å²) in [5.74, 6) is 0.700. The van der Waals surface area contributed by atoms with Crippen molar-refractivity contribution in [3.63, 3.8) is 0 Å². The highest BCUT2D eigenvalue weighted by atomic mass is 32.2. The molecule has 1 heterocycles. The number of hydrogen-bond acceptors (Lipinski definition) is 5. The molecule has 0 radical (unpaired) electrons. The van der Waals surface area contributed by atoms with Crippen LogP contribution in [0.2, 0.25) is 0 Å². The Morgan fingerprint density at radius 1 is 1.14 bits per heavy atom. The molecule has 0 saturated heterocycles. The Kier molecular flexibility index (Phi) is 5.26. The maximum atomic E-state index is 12.0. The third-order valence-electron chi connectivity index (χ3n) is 2.72. The van der Waals surface area contributed by atoms with Crippen LogP contribution in [0.15, 0.2) is 53.6 Å². The molecule has 6 nitrogen and oxygen atoms in total. The zero-order chi connectivity index (χ0) is 15.1. The Bertz CT molecular complexity index is 658. The molecule has 0 unspecified atom stereocenters. The first-order chi connectivity index (χ1) is 10.1. The van der Waals surface area contributed by atoms with E-state index in [0.717, 1.165) is 0 Å². The van der Waals surface area contributed by atoms with Crippen molar-refractivity contribution in [3.8, 4) is 5.75 Å². The topological polar surface area (TPSA) is 94.3 Å². The molecule has 0 bridgehead atoms. The summed E-state index contributed by atoms with van der Waals surface area (Å²) in [6, 6.07) is 12.3. The molecule has 0 amide bonds. The van der Waals surface area contributed by atoms with Crippen LogP contribution < -0.4 is 15.2 Å². The molecule has 3 N–H and O–H groups in total. The Hall–Kier alpha value is -1.96. The van der Waals surface area contributed by atoms with Crippen LogP contribution in [-0.4, -0.2) is 26.6 Å². The van der Waals surface area contributed by atoms with Crippen LogP contribution in [0.25, 0.3) is 0 Å². The fourth-order valence-electron chi connectivity index (χ4n) is 1.64. The molecule has 0 fully saturated rings. The summed E-state index contributed by atoms with van der Waals surface area (Å²) in [6.07, 6.45) is 1.29. The van der Waals surface area contributed by atoms with E-state index < -0.39 is 10.0 Å². The van der Waals surface area contributed by atoms with Crippen molar-refractivity contribution in [1.29, 1.82) is 0 Å². The van der Waals surface area contributed by atoms with E-state index in [9.17, 15) is 8.42 Å². The fourth-order valence-corrected chi connectivity index (χ4v) is 2.59. The number of benzene rings is 1. The molecule has 0 saturated carbocycles. The Labute approximate surface area is 124 Å². The number of aromatic nitrogens is 1. The van der Waals surface area contributed by atoms with E-state index >= 15 is 0 Å². The minimum Gasteiger partial charge on any atom is -0.492 e. The smallest absolute Gasteiger partial charge is 0.242 e. The van der Waals surface area contributed by atoms with Crippen molar-refractivity contribution in [2.75, 3.05) is 13.2 Å². The zero-order valence-electron chi connectivity index (χ0n) is 11.4. The van der Waals surface area contributed by atoms with Gasteiger partial charge < -0.3 is 10.5 Å². The lowest BCUT2D eigenvalue weighted by Crippen LogP contribution is -2.28. The van der Waals surface area contributed by atoms with Crippen LogP contribution in [-0.2, 0) is 16.6 Å². The zero-order valence-corrected chi connectivity index (χ0v) is 12.2. The van der Waals surface area contributed by atoms with Crippen LogP contribution >= 0.6 is 0 Å². The van der Waals surface area contributed by atoms with Gasteiger partial charge in [0.1, 0.15) is 17.3 Å². The van der Waals surface area contributed by atoms with E-state index in [1.807, 2.05) is 30.3 Å². The van der Waals surface area contributed by atoms with Crippen molar-refractivity contribution < 1.29 is 13.2 Å². The van der Waals surface area contributed by atoms with E-state index in [1.54, 1.807) is 6.07 Å². The average Bonchev–Trinajstić information content (AvgIpc) is 2.53. The molecule has 0 aliphatic rings. The first-order valence-electron chi connectivity index (χ1n) is 6.44. The Balaban J connectivity index is 1.86. The first-order valence-corrected chi connectivity index (χ1v) is 7.92. The summed E-state index contributed by atoms with van der Waals surface area (Å²) in [7, 11) is -3.57. The summed E-state index contributed by atoms with van der Waals surface area (Å²) in [4.78, 5) is 4.07. The van der Waals surface area contributed by atoms with Gasteiger partial charge in [-0.2, -0.15) is 0 Å². The highest BCUT2D eigenvalue weighted by Crippen LogP contribution is 2.09. The average molecular weight is 307 g/mol. The molecule has 21 heavy (non-hydrogen) atoms. The maximum absolute atomic E-state index is 12.0. The summed E-state index contributed by atoms with van der Waals surface area (Å²) in [5.41, 5.74) is 6.06. The monoisotopic (exact) mass is 307 g/mol. The SMILES string of the molecule is NCc1ccc(S(=O)(=O)NCCOc2ccccc2)cn1. The van der Waals surface area contributed by atoms with Crippen LogP contribution in [0.4, 0.5) is 0 Å². The summed E-state index contributed by atoms with van der Waals surface area (Å²) in [6.45, 7) is 0.700. The van der Waals surface area contributed by atoms with Crippen molar-refractivity contribution in [3.05, 3.63) is 54.4 Å². The molecule has 1 aromatic carbocycles. The van der Waals surface area contributed by atoms with Gasteiger partial charge in [0.05, 0.1) is 5.69 Å². The molecule has 0 spiro atoms. The molecule has 0 aliphatic carbocycles. The van der Waals surface area contributed by atoms with Gasteiger partial charge in [0, 0.05) is 19.3 Å². The lowest BCUT2D eigenvalue weighted by molar-refractivity contribution is 0.323. The van der Waals surface area contributed by atoms with Gasteiger partial charge in [-0.15, -0.1) is 0 Å². The Morgan fingerprint density at radius 3 is 2.52 bits per heavy atom. The normalized spacial score (nSPS) is 11.3. The molecule has 112 valence electrons. The highest BCUT2D eigenvalue weighted by Gasteiger charge is 2.13. The van der Waals surface area contributed by atoms with Crippen molar-refractivity contribution >= 4 is 10.0 Å². The van der Waals surface area contributed by atoms with E-state index in [1.165, 1.54) is 12.3 Å². The van der Waals surface area contributed by atoms with Crippen molar-refractivity contribution in [2.24, 2.45) is 5.73 Å². The van der Waals surface area contributed by atoms with Gasteiger partial charge in [0.2, 0.25) is 10.0 Å². The van der Waals surface area contributed by atoms with Gasteiger partial charge in [0.15, 0.2) is 0 Å². The molecule has 0 aliphatic heterocycles. The van der Waals surface area contributed by atoms with Crippen molar-refractivity contribution in [1.82, 2.24) is 9.71 Å². The highest BCUT2D eigenvalue weighted by molar-refractivity contribution is 7.89. The minimum atomic E-state index is -3.57. The van der Waals surface area contributed by atoms with Crippen LogP contribution in [0, 0.1) is 0 Å². The molecule has 2 rings (SSSR count). The predicted octanol–water partition coefficient (Wildman–Crippen LogP) is 0.898. The molecule has 1 aromatic heterocycles. The maximum Gasteiger partial charge on any atom is 0.242 e. The molecular formula is C14H17N3O3S. The summed E-state index contributed by atoms with van der Waals surface area (Å²) < 4.78 is 31.9. The standard InChI is InChI=1S/C14H17N3O3S/c15-10-12-6-7-14(11-16-12)21(18,19)17-8-9-20-13-4-2-1-3-5-13/h1-7,11,17H,8-10,15H2. The second kappa shape index (κ2) is 7.16. The van der Waals surface area contributed by atoms with E-state index in [-0.39, 0.29) is 24.6 Å². The molecule has 0 atom stereocenters. The lowest BCUT2D eigenvalue weighted by Gasteiger charge is -2.08. The summed E-state index contributed by atoms with van der Waals surface area (Å²) in [5, 5.41) is 0. The van der Waals surface area contributed by atoms with Crippen LogP contribution in [0.5, 0.6) is 5.75 Å². The van der Waals surface area contributed by atoms with Gasteiger partial charge in [-0.25, -0.2) is 13.1 Å². The number of ether oxygens (including phenoxy) is 1. The van der Waals surface area contributed by atoms with E-state index in [2.05, 4.69) is 9.71 Å². The number of nitrogens with zero attached hydrogens (tertiary/aromatic N) is 1. The van der Waals surface area contributed by atoms with Gasteiger partial charge in [-0.05, 0) is 24.3 Å². The molecular weight excluding hydrogens is 290 g/mol. The second-order valence-electron chi connectivity index (χ2n) is 4.25. The third kappa shape index (κ3) is 4.52. The Morgan fingerprint density at radius 2 is 1.90 bits per heavy atom. The number of para-hydroxylation sites is 1. The van der Waals surface area contributed by atoms with Gasteiger partial charge in [0.25, 0.3) is 0 Å². The minimum absolute atomic E-state index is 0.111. The second-order valence-corrected chi connectivity index (χ2v) is 6.02. The van der Waals surface area contributed by atoms with E-state index in [0.29, 0.717) is 11.4 Å². The van der Waals surface area contributed by atoms with Gasteiger partial charge >= 0.3 is 0 Å². The number of sulfonamides is 1. The first kappa shape index (κ1) is 15.4. The molecule has 7 heteroatoms. The third-order valence-corrected chi connectivity index (χ3v) is 4.17. The molecule has 2 aromatic rings. The largest absolute Gasteiger partial charge is 0.492 e. The van der Waals surface area contributed by atoms with Gasteiger partial charge in [-0.3, -0.25) is 4.98 Å².